The Hall–Kier alpha value is -3.26. The molecule has 0 spiro atoms. The minimum Gasteiger partial charge on any atom is -0.493 e. The van der Waals surface area contributed by atoms with Crippen LogP contribution in [0.25, 0.3) is 11.4 Å². The first-order chi connectivity index (χ1) is 14.4. The van der Waals surface area contributed by atoms with Gasteiger partial charge in [0.05, 0.1) is 20.8 Å². The van der Waals surface area contributed by atoms with Gasteiger partial charge in [-0.2, -0.15) is 4.98 Å². The normalized spacial score (nSPS) is 11.6. The van der Waals surface area contributed by atoms with Crippen LogP contribution < -0.4 is 14.2 Å². The monoisotopic (exact) mass is 431 g/mol. The number of carbonyl (C=O) groups excluding carboxylic acids is 1. The first-order valence-electron chi connectivity index (χ1n) is 9.13. The van der Waals surface area contributed by atoms with E-state index < -0.39 is 6.10 Å². The summed E-state index contributed by atoms with van der Waals surface area (Å²) in [6.45, 7) is 1.81. The molecule has 9 heteroatoms. The number of amides is 1. The molecule has 0 aliphatic carbocycles. The summed E-state index contributed by atoms with van der Waals surface area (Å²) in [5.41, 5.74) is 0.703. The van der Waals surface area contributed by atoms with E-state index in [1.54, 1.807) is 70.7 Å². The van der Waals surface area contributed by atoms with E-state index in [1.165, 1.54) is 4.90 Å². The second-order valence-electron chi connectivity index (χ2n) is 6.49. The number of aromatic nitrogens is 2. The number of hydrogen-bond donors (Lipinski definition) is 0. The zero-order valence-corrected chi connectivity index (χ0v) is 17.8. The number of carbonyl (C=O) groups is 1. The van der Waals surface area contributed by atoms with Gasteiger partial charge in [0.2, 0.25) is 11.7 Å². The van der Waals surface area contributed by atoms with Gasteiger partial charge in [0.1, 0.15) is 5.75 Å². The van der Waals surface area contributed by atoms with E-state index in [0.29, 0.717) is 39.5 Å². The molecule has 0 aliphatic rings. The van der Waals surface area contributed by atoms with Crippen molar-refractivity contribution in [2.75, 3.05) is 21.3 Å². The molecule has 0 saturated heterocycles. The van der Waals surface area contributed by atoms with Crippen molar-refractivity contribution in [3.63, 3.8) is 0 Å². The van der Waals surface area contributed by atoms with Gasteiger partial charge in [0.25, 0.3) is 5.91 Å². The third kappa shape index (κ3) is 5.01. The van der Waals surface area contributed by atoms with Crippen molar-refractivity contribution < 1.29 is 23.5 Å². The van der Waals surface area contributed by atoms with Crippen LogP contribution in [0.5, 0.6) is 17.2 Å². The van der Waals surface area contributed by atoms with Gasteiger partial charge in [-0.3, -0.25) is 4.79 Å². The van der Waals surface area contributed by atoms with E-state index in [9.17, 15) is 4.79 Å². The fourth-order valence-electron chi connectivity index (χ4n) is 2.80. The Kier molecular flexibility index (Phi) is 6.79. The third-order valence-corrected chi connectivity index (χ3v) is 4.55. The average molecular weight is 432 g/mol. The molecule has 30 heavy (non-hydrogen) atoms. The van der Waals surface area contributed by atoms with E-state index in [2.05, 4.69) is 10.1 Å². The van der Waals surface area contributed by atoms with Gasteiger partial charge in [-0.1, -0.05) is 22.8 Å². The summed E-state index contributed by atoms with van der Waals surface area (Å²) in [6, 6.07) is 12.2. The molecule has 0 N–H and O–H groups in total. The summed E-state index contributed by atoms with van der Waals surface area (Å²) >= 11 is 5.95. The van der Waals surface area contributed by atoms with Gasteiger partial charge in [-0.05, 0) is 43.3 Å². The fraction of sp³-hybridized carbons (Fsp3) is 0.286. The van der Waals surface area contributed by atoms with Gasteiger partial charge < -0.3 is 23.6 Å². The van der Waals surface area contributed by atoms with Gasteiger partial charge in [0, 0.05) is 17.6 Å². The lowest BCUT2D eigenvalue weighted by Crippen LogP contribution is -2.37. The molecule has 0 bridgehead atoms. The second-order valence-corrected chi connectivity index (χ2v) is 6.93. The lowest BCUT2D eigenvalue weighted by molar-refractivity contribution is -0.137. The Morgan fingerprint density at radius 3 is 2.63 bits per heavy atom. The van der Waals surface area contributed by atoms with Crippen molar-refractivity contribution in [2.45, 2.75) is 19.6 Å². The molecule has 0 radical (unpaired) electrons. The first-order valence-corrected chi connectivity index (χ1v) is 9.51. The van der Waals surface area contributed by atoms with Crippen LogP contribution in [0.3, 0.4) is 0 Å². The second kappa shape index (κ2) is 9.49. The molecule has 0 unspecified atom stereocenters. The van der Waals surface area contributed by atoms with Crippen molar-refractivity contribution >= 4 is 17.5 Å². The molecule has 1 aromatic heterocycles. The van der Waals surface area contributed by atoms with Gasteiger partial charge >= 0.3 is 0 Å². The van der Waals surface area contributed by atoms with Crippen molar-refractivity contribution in [3.05, 3.63) is 53.4 Å². The molecule has 0 saturated carbocycles. The molecule has 3 rings (SSSR count). The van der Waals surface area contributed by atoms with Crippen LogP contribution in [0.4, 0.5) is 0 Å². The van der Waals surface area contributed by atoms with E-state index in [0.717, 1.165) is 0 Å². The summed E-state index contributed by atoms with van der Waals surface area (Å²) in [6.07, 6.45) is -0.707. The first kappa shape index (κ1) is 21.4. The highest BCUT2D eigenvalue weighted by molar-refractivity contribution is 6.30. The van der Waals surface area contributed by atoms with Gasteiger partial charge in [-0.15, -0.1) is 0 Å². The van der Waals surface area contributed by atoms with Gasteiger partial charge in [-0.25, -0.2) is 0 Å². The molecule has 3 aromatic rings. The van der Waals surface area contributed by atoms with Crippen LogP contribution >= 0.6 is 11.6 Å². The van der Waals surface area contributed by atoms with E-state index in [1.807, 2.05) is 0 Å². The van der Waals surface area contributed by atoms with Crippen LogP contribution in [-0.4, -0.2) is 48.3 Å². The number of likely N-dealkylation sites (N-methyl/N-ethyl adjacent to an activating group) is 1. The van der Waals surface area contributed by atoms with Crippen LogP contribution in [0.2, 0.25) is 5.02 Å². The van der Waals surface area contributed by atoms with Crippen molar-refractivity contribution in [3.8, 4) is 28.6 Å². The smallest absolute Gasteiger partial charge is 0.263 e. The lowest BCUT2D eigenvalue weighted by Gasteiger charge is -2.20. The maximum absolute atomic E-state index is 12.6. The minimum atomic E-state index is -0.707. The molecule has 1 atom stereocenters. The summed E-state index contributed by atoms with van der Waals surface area (Å²) < 4.78 is 21.5. The molecule has 158 valence electrons. The predicted molar refractivity (Wildman–Crippen MR) is 111 cm³/mol. The average Bonchev–Trinajstić information content (AvgIpc) is 3.21. The van der Waals surface area contributed by atoms with Crippen LogP contribution in [0.15, 0.2) is 47.0 Å². The van der Waals surface area contributed by atoms with E-state index >= 15 is 0 Å². The number of nitrogens with zero attached hydrogens (tertiary/aromatic N) is 3. The Labute approximate surface area is 179 Å². The quantitative estimate of drug-likeness (QED) is 0.535. The topological polar surface area (TPSA) is 86.9 Å². The number of halogens is 1. The van der Waals surface area contributed by atoms with Gasteiger partial charge in [0.15, 0.2) is 17.6 Å². The lowest BCUT2D eigenvalue weighted by atomic mass is 10.2. The standard InChI is InChI=1S/C21H22ClN3O5/c1-13(29-16-7-5-6-15(22)11-16)21(26)25(2)12-19-23-20(24-30-19)14-8-9-17(27-3)18(10-14)28-4/h5-11,13H,12H2,1-4H3/t13-/m1/s1. The highest BCUT2D eigenvalue weighted by Crippen LogP contribution is 2.31. The molecule has 1 heterocycles. The molecule has 8 nitrogen and oxygen atoms in total. The maximum Gasteiger partial charge on any atom is 0.263 e. The molecule has 0 aliphatic heterocycles. The highest BCUT2D eigenvalue weighted by atomic mass is 35.5. The molecular formula is C21H22ClN3O5. The van der Waals surface area contributed by atoms with E-state index in [-0.39, 0.29) is 12.5 Å². The Balaban J connectivity index is 1.65. The fourth-order valence-corrected chi connectivity index (χ4v) is 2.98. The van der Waals surface area contributed by atoms with Crippen molar-refractivity contribution in [1.29, 1.82) is 0 Å². The number of hydrogen-bond acceptors (Lipinski definition) is 7. The van der Waals surface area contributed by atoms with Crippen LogP contribution in [-0.2, 0) is 11.3 Å². The minimum absolute atomic E-state index is 0.141. The Morgan fingerprint density at radius 1 is 1.17 bits per heavy atom. The highest BCUT2D eigenvalue weighted by Gasteiger charge is 2.22. The predicted octanol–water partition coefficient (Wildman–Crippen LogP) is 3.83. The molecule has 0 fully saturated rings. The van der Waals surface area contributed by atoms with Crippen LogP contribution in [0.1, 0.15) is 12.8 Å². The van der Waals surface area contributed by atoms with Crippen LogP contribution in [0, 0.1) is 0 Å². The zero-order chi connectivity index (χ0) is 21.7. The number of benzene rings is 2. The molecule has 2 aromatic carbocycles. The Bertz CT molecular complexity index is 1020. The summed E-state index contributed by atoms with van der Waals surface area (Å²) in [4.78, 5) is 18.4. The van der Waals surface area contributed by atoms with Crippen molar-refractivity contribution in [2.24, 2.45) is 0 Å². The number of methoxy groups -OCH3 is 2. The largest absolute Gasteiger partial charge is 0.493 e. The summed E-state index contributed by atoms with van der Waals surface area (Å²) in [5.74, 6) is 2.12. The zero-order valence-electron chi connectivity index (χ0n) is 17.1. The maximum atomic E-state index is 12.6. The SMILES string of the molecule is COc1ccc(-c2noc(CN(C)C(=O)[C@@H](C)Oc3cccc(Cl)c3)n2)cc1OC. The van der Waals surface area contributed by atoms with E-state index in [4.69, 9.17) is 30.3 Å². The number of ether oxygens (including phenoxy) is 3. The Morgan fingerprint density at radius 2 is 1.93 bits per heavy atom. The number of rotatable bonds is 8. The third-order valence-electron chi connectivity index (χ3n) is 4.32. The summed E-state index contributed by atoms with van der Waals surface area (Å²) in [5, 5.41) is 4.52. The summed E-state index contributed by atoms with van der Waals surface area (Å²) in [7, 11) is 4.75. The van der Waals surface area contributed by atoms with Crippen molar-refractivity contribution in [1.82, 2.24) is 15.0 Å². The molecule has 1 amide bonds. The molecular weight excluding hydrogens is 410 g/mol.